The summed E-state index contributed by atoms with van der Waals surface area (Å²) in [5, 5.41) is 8.94. The Morgan fingerprint density at radius 1 is 1.35 bits per heavy atom. The van der Waals surface area contributed by atoms with Crippen molar-refractivity contribution in [3.8, 4) is 6.07 Å². The second kappa shape index (κ2) is 4.34. The number of anilines is 1. The van der Waals surface area contributed by atoms with Gasteiger partial charge in [0.1, 0.15) is 11.8 Å². The van der Waals surface area contributed by atoms with Crippen molar-refractivity contribution in [2.24, 2.45) is 7.05 Å². The van der Waals surface area contributed by atoms with E-state index in [9.17, 15) is 0 Å². The maximum atomic E-state index is 8.94. The molecule has 1 aromatic carbocycles. The number of nitrogens with two attached hydrogens (primary N) is 1. The molecule has 86 valence electrons. The number of hydrogen-bond acceptors (Lipinski definition) is 2. The Labute approximate surface area is 101 Å². The first-order chi connectivity index (χ1) is 8.11. The van der Waals surface area contributed by atoms with Crippen molar-refractivity contribution in [2.45, 2.75) is 13.3 Å². The van der Waals surface area contributed by atoms with Crippen molar-refractivity contribution in [2.75, 3.05) is 5.73 Å². The second-order valence-electron chi connectivity index (χ2n) is 4.27. The van der Waals surface area contributed by atoms with Crippen molar-refractivity contribution in [3.05, 3.63) is 52.8 Å². The van der Waals surface area contributed by atoms with Crippen LogP contribution in [0.15, 0.2) is 30.3 Å². The predicted molar refractivity (Wildman–Crippen MR) is 68.5 cm³/mol. The van der Waals surface area contributed by atoms with Gasteiger partial charge in [-0.25, -0.2) is 0 Å². The largest absolute Gasteiger partial charge is 0.397 e. The average Bonchev–Trinajstić information content (AvgIpc) is 2.56. The van der Waals surface area contributed by atoms with Crippen LogP contribution < -0.4 is 5.73 Å². The minimum atomic E-state index is 0.602. The first-order valence-electron chi connectivity index (χ1n) is 5.51. The number of benzene rings is 1. The van der Waals surface area contributed by atoms with Crippen LogP contribution in [0.25, 0.3) is 0 Å². The summed E-state index contributed by atoms with van der Waals surface area (Å²) in [6.07, 6.45) is 0.756. The molecule has 2 aromatic rings. The Kier molecular flexibility index (Phi) is 2.88. The molecule has 2 N–H and O–H groups in total. The van der Waals surface area contributed by atoms with Gasteiger partial charge in [0.25, 0.3) is 0 Å². The van der Waals surface area contributed by atoms with Crippen LogP contribution in [0.4, 0.5) is 5.69 Å². The molecule has 3 nitrogen and oxygen atoms in total. The number of rotatable bonds is 2. The fourth-order valence-corrected chi connectivity index (χ4v) is 2.01. The molecule has 0 unspecified atom stereocenters. The van der Waals surface area contributed by atoms with E-state index in [1.165, 1.54) is 11.1 Å². The van der Waals surface area contributed by atoms with E-state index in [-0.39, 0.29) is 0 Å². The highest BCUT2D eigenvalue weighted by Crippen LogP contribution is 2.20. The van der Waals surface area contributed by atoms with E-state index in [1.807, 2.05) is 17.7 Å². The SMILES string of the molecule is Cc1cccc(Cc2c(N)cc(C#N)n2C)c1. The van der Waals surface area contributed by atoms with Gasteiger partial charge in [0.2, 0.25) is 0 Å². The van der Waals surface area contributed by atoms with Crippen molar-refractivity contribution < 1.29 is 0 Å². The molecule has 0 aliphatic rings. The summed E-state index contributed by atoms with van der Waals surface area (Å²) >= 11 is 0. The molecule has 0 atom stereocenters. The summed E-state index contributed by atoms with van der Waals surface area (Å²) in [4.78, 5) is 0. The monoisotopic (exact) mass is 225 g/mol. The molecule has 0 aliphatic heterocycles. The third-order valence-corrected chi connectivity index (χ3v) is 2.96. The van der Waals surface area contributed by atoms with Crippen LogP contribution in [-0.2, 0) is 13.5 Å². The molecule has 0 fully saturated rings. The van der Waals surface area contributed by atoms with E-state index in [0.29, 0.717) is 11.4 Å². The Hall–Kier alpha value is -2.21. The lowest BCUT2D eigenvalue weighted by Gasteiger charge is -2.06. The molecule has 0 radical (unpaired) electrons. The van der Waals surface area contributed by atoms with Gasteiger partial charge < -0.3 is 10.3 Å². The smallest absolute Gasteiger partial charge is 0.122 e. The zero-order valence-corrected chi connectivity index (χ0v) is 10.1. The molecule has 0 bridgehead atoms. The fourth-order valence-electron chi connectivity index (χ4n) is 2.01. The first-order valence-corrected chi connectivity index (χ1v) is 5.51. The summed E-state index contributed by atoms with van der Waals surface area (Å²) in [5.74, 6) is 0. The van der Waals surface area contributed by atoms with Crippen LogP contribution in [0.2, 0.25) is 0 Å². The Balaban J connectivity index is 2.37. The number of nitriles is 1. The van der Waals surface area contributed by atoms with Crippen molar-refractivity contribution in [1.29, 1.82) is 5.26 Å². The molecule has 1 aromatic heterocycles. The van der Waals surface area contributed by atoms with Crippen LogP contribution >= 0.6 is 0 Å². The van der Waals surface area contributed by atoms with Crippen LogP contribution in [0, 0.1) is 18.3 Å². The molecule has 0 aliphatic carbocycles. The van der Waals surface area contributed by atoms with E-state index in [2.05, 4.69) is 31.2 Å². The molecule has 3 heteroatoms. The second-order valence-corrected chi connectivity index (χ2v) is 4.27. The van der Waals surface area contributed by atoms with Gasteiger partial charge in [0.05, 0.1) is 5.69 Å². The number of aryl methyl sites for hydroxylation is 1. The van der Waals surface area contributed by atoms with E-state index >= 15 is 0 Å². The molecule has 0 saturated carbocycles. The van der Waals surface area contributed by atoms with Gasteiger partial charge in [-0.2, -0.15) is 5.26 Å². The summed E-state index contributed by atoms with van der Waals surface area (Å²) < 4.78 is 1.86. The first kappa shape index (κ1) is 11.3. The average molecular weight is 225 g/mol. The molecule has 2 rings (SSSR count). The lowest BCUT2D eigenvalue weighted by atomic mass is 10.1. The van der Waals surface area contributed by atoms with E-state index < -0.39 is 0 Å². The fraction of sp³-hybridized carbons (Fsp3) is 0.214. The van der Waals surface area contributed by atoms with Crippen LogP contribution in [0.1, 0.15) is 22.5 Å². The maximum Gasteiger partial charge on any atom is 0.122 e. The normalized spacial score (nSPS) is 10.2. The highest BCUT2D eigenvalue weighted by Gasteiger charge is 2.10. The third kappa shape index (κ3) is 2.16. The van der Waals surface area contributed by atoms with E-state index in [4.69, 9.17) is 11.0 Å². The lowest BCUT2D eigenvalue weighted by Crippen LogP contribution is -2.02. The number of nitrogens with zero attached hydrogens (tertiary/aromatic N) is 2. The predicted octanol–water partition coefficient (Wildman–Crippen LogP) is 2.38. The van der Waals surface area contributed by atoms with Crippen LogP contribution in [0.3, 0.4) is 0 Å². The molecule has 0 saturated heterocycles. The summed E-state index contributed by atoms with van der Waals surface area (Å²) in [7, 11) is 1.88. The molecular formula is C14H15N3. The highest BCUT2D eigenvalue weighted by atomic mass is 15.0. The number of hydrogen-bond donors (Lipinski definition) is 1. The zero-order chi connectivity index (χ0) is 12.4. The number of aromatic nitrogens is 1. The summed E-state index contributed by atoms with van der Waals surface area (Å²) in [6.45, 7) is 2.07. The van der Waals surface area contributed by atoms with Crippen molar-refractivity contribution >= 4 is 5.69 Å². The van der Waals surface area contributed by atoms with Gasteiger partial charge in [0, 0.05) is 19.2 Å². The van der Waals surface area contributed by atoms with Crippen molar-refractivity contribution in [3.63, 3.8) is 0 Å². The van der Waals surface area contributed by atoms with E-state index in [0.717, 1.165) is 12.1 Å². The van der Waals surface area contributed by atoms with Gasteiger partial charge >= 0.3 is 0 Å². The van der Waals surface area contributed by atoms with Gasteiger partial charge in [-0.15, -0.1) is 0 Å². The van der Waals surface area contributed by atoms with Gasteiger partial charge in [0.15, 0.2) is 0 Å². The van der Waals surface area contributed by atoms with Crippen molar-refractivity contribution in [1.82, 2.24) is 4.57 Å². The summed E-state index contributed by atoms with van der Waals surface area (Å²) in [6, 6.07) is 12.2. The Morgan fingerprint density at radius 3 is 2.71 bits per heavy atom. The molecule has 0 amide bonds. The molecule has 0 spiro atoms. The van der Waals surface area contributed by atoms with Crippen LogP contribution in [-0.4, -0.2) is 4.57 Å². The molecule has 1 heterocycles. The maximum absolute atomic E-state index is 8.94. The third-order valence-electron chi connectivity index (χ3n) is 2.96. The minimum Gasteiger partial charge on any atom is -0.397 e. The topological polar surface area (TPSA) is 54.7 Å². The van der Waals surface area contributed by atoms with E-state index in [1.54, 1.807) is 6.07 Å². The number of nitrogen functional groups attached to an aromatic ring is 1. The van der Waals surface area contributed by atoms with Gasteiger partial charge in [-0.1, -0.05) is 29.8 Å². The highest BCUT2D eigenvalue weighted by molar-refractivity contribution is 5.52. The standard InChI is InChI=1S/C14H15N3/c1-10-4-3-5-11(6-10)7-14-13(16)8-12(9-15)17(14)2/h3-6,8H,7,16H2,1-2H3. The molecular weight excluding hydrogens is 210 g/mol. The van der Waals surface area contributed by atoms with Crippen LogP contribution in [0.5, 0.6) is 0 Å². The lowest BCUT2D eigenvalue weighted by molar-refractivity contribution is 0.838. The minimum absolute atomic E-state index is 0.602. The molecule has 17 heavy (non-hydrogen) atoms. The zero-order valence-electron chi connectivity index (χ0n) is 10.1. The van der Waals surface area contributed by atoms with Gasteiger partial charge in [-0.3, -0.25) is 0 Å². The Morgan fingerprint density at radius 2 is 2.12 bits per heavy atom. The van der Waals surface area contributed by atoms with Gasteiger partial charge in [-0.05, 0) is 18.6 Å². The Bertz CT molecular complexity index is 588. The quantitative estimate of drug-likeness (QED) is 0.853. The summed E-state index contributed by atoms with van der Waals surface area (Å²) in [5.41, 5.74) is 10.7.